The quantitative estimate of drug-likeness (QED) is 0.847. The first-order valence-electron chi connectivity index (χ1n) is 6.14. The second kappa shape index (κ2) is 6.00. The van der Waals surface area contributed by atoms with Crippen LogP contribution < -0.4 is 5.32 Å². The molecule has 0 aliphatic heterocycles. The molecule has 2 rings (SSSR count). The van der Waals surface area contributed by atoms with Crippen molar-refractivity contribution in [3.8, 4) is 0 Å². The van der Waals surface area contributed by atoms with Crippen molar-refractivity contribution in [3.63, 3.8) is 0 Å². The minimum absolute atomic E-state index is 0.0221. The van der Waals surface area contributed by atoms with Crippen LogP contribution in [0.25, 0.3) is 0 Å². The van der Waals surface area contributed by atoms with Gasteiger partial charge in [0.1, 0.15) is 0 Å². The molecule has 0 bridgehead atoms. The summed E-state index contributed by atoms with van der Waals surface area (Å²) >= 11 is 0. The topological polar surface area (TPSA) is 57.8 Å². The molecule has 0 atom stereocenters. The smallest absolute Gasteiger partial charge is 0.224 e. The van der Waals surface area contributed by atoms with Crippen LogP contribution in [-0.4, -0.2) is 15.9 Å². The Morgan fingerprint density at radius 1 is 1.33 bits per heavy atom. The first-order chi connectivity index (χ1) is 8.78. The number of imidazole rings is 1. The summed E-state index contributed by atoms with van der Waals surface area (Å²) in [7, 11) is 0. The second-order valence-corrected chi connectivity index (χ2v) is 4.18. The number of aromatic nitrogens is 2. The van der Waals surface area contributed by atoms with E-state index in [1.54, 1.807) is 12.5 Å². The van der Waals surface area contributed by atoms with E-state index in [2.05, 4.69) is 22.2 Å². The van der Waals surface area contributed by atoms with Crippen LogP contribution in [0.2, 0.25) is 0 Å². The van der Waals surface area contributed by atoms with Crippen molar-refractivity contribution in [1.29, 1.82) is 0 Å². The molecule has 0 radical (unpaired) electrons. The third-order valence-corrected chi connectivity index (χ3v) is 2.82. The summed E-state index contributed by atoms with van der Waals surface area (Å²) in [6.07, 6.45) is 5.50. The van der Waals surface area contributed by atoms with Gasteiger partial charge in [-0.15, -0.1) is 0 Å². The number of anilines is 1. The maximum Gasteiger partial charge on any atom is 0.224 e. The maximum atomic E-state index is 11.7. The molecular formula is C14H17N3O. The average molecular weight is 243 g/mol. The number of H-pyrrole nitrogens is 1. The van der Waals surface area contributed by atoms with Gasteiger partial charge in [0, 0.05) is 24.0 Å². The molecule has 0 saturated carbocycles. The third kappa shape index (κ3) is 3.45. The number of hydrogen-bond donors (Lipinski definition) is 2. The van der Waals surface area contributed by atoms with E-state index in [9.17, 15) is 4.79 Å². The lowest BCUT2D eigenvalue weighted by molar-refractivity contribution is -0.116. The summed E-state index contributed by atoms with van der Waals surface area (Å²) in [6, 6.07) is 7.94. The Labute approximate surface area is 106 Å². The van der Waals surface area contributed by atoms with E-state index < -0.39 is 0 Å². The highest BCUT2D eigenvalue weighted by molar-refractivity contribution is 5.90. The van der Waals surface area contributed by atoms with Gasteiger partial charge in [-0.2, -0.15) is 0 Å². The molecule has 4 nitrogen and oxygen atoms in total. The normalized spacial score (nSPS) is 10.3. The number of amides is 1. The molecule has 1 aromatic heterocycles. The second-order valence-electron chi connectivity index (χ2n) is 4.18. The van der Waals surface area contributed by atoms with Gasteiger partial charge in [0.15, 0.2) is 0 Å². The Balaban J connectivity index is 1.83. The van der Waals surface area contributed by atoms with Gasteiger partial charge in [-0.05, 0) is 30.5 Å². The highest BCUT2D eigenvalue weighted by Crippen LogP contribution is 2.10. The van der Waals surface area contributed by atoms with Crippen molar-refractivity contribution in [2.24, 2.45) is 0 Å². The van der Waals surface area contributed by atoms with E-state index in [0.29, 0.717) is 12.8 Å². The van der Waals surface area contributed by atoms with Crippen LogP contribution in [0.5, 0.6) is 0 Å². The van der Waals surface area contributed by atoms with Gasteiger partial charge in [-0.25, -0.2) is 4.98 Å². The molecule has 0 unspecified atom stereocenters. The fraction of sp³-hybridized carbons (Fsp3) is 0.286. The molecule has 0 aliphatic rings. The van der Waals surface area contributed by atoms with Crippen molar-refractivity contribution in [2.45, 2.75) is 26.2 Å². The van der Waals surface area contributed by atoms with Gasteiger partial charge in [0.2, 0.25) is 5.91 Å². The van der Waals surface area contributed by atoms with Crippen molar-refractivity contribution >= 4 is 11.6 Å². The highest BCUT2D eigenvalue weighted by Gasteiger charge is 2.03. The van der Waals surface area contributed by atoms with Crippen LogP contribution in [0.4, 0.5) is 5.69 Å². The monoisotopic (exact) mass is 243 g/mol. The Bertz CT molecular complexity index is 488. The predicted molar refractivity (Wildman–Crippen MR) is 71.4 cm³/mol. The maximum absolute atomic E-state index is 11.7. The van der Waals surface area contributed by atoms with Crippen molar-refractivity contribution in [2.75, 3.05) is 5.32 Å². The average Bonchev–Trinajstić information content (AvgIpc) is 2.90. The number of benzene rings is 1. The number of nitrogens with one attached hydrogen (secondary N) is 2. The molecule has 0 spiro atoms. The Kier molecular flexibility index (Phi) is 4.12. The van der Waals surface area contributed by atoms with E-state index in [-0.39, 0.29) is 5.91 Å². The van der Waals surface area contributed by atoms with E-state index in [0.717, 1.165) is 17.8 Å². The van der Waals surface area contributed by atoms with Gasteiger partial charge >= 0.3 is 0 Å². The highest BCUT2D eigenvalue weighted by atomic mass is 16.1. The largest absolute Gasteiger partial charge is 0.348 e. The number of aryl methyl sites for hydroxylation is 2. The summed E-state index contributed by atoms with van der Waals surface area (Å²) in [6.45, 7) is 2.11. The minimum atomic E-state index is 0.0221. The molecule has 18 heavy (non-hydrogen) atoms. The Hall–Kier alpha value is -2.10. The van der Waals surface area contributed by atoms with E-state index >= 15 is 0 Å². The van der Waals surface area contributed by atoms with Crippen LogP contribution in [0.1, 0.15) is 24.6 Å². The molecule has 0 fully saturated rings. The summed E-state index contributed by atoms with van der Waals surface area (Å²) in [5.41, 5.74) is 3.10. The summed E-state index contributed by atoms with van der Waals surface area (Å²) < 4.78 is 0. The van der Waals surface area contributed by atoms with Gasteiger partial charge in [0.05, 0.1) is 6.33 Å². The van der Waals surface area contributed by atoms with Gasteiger partial charge in [-0.1, -0.05) is 19.1 Å². The zero-order valence-electron chi connectivity index (χ0n) is 10.4. The number of hydrogen-bond acceptors (Lipinski definition) is 2. The van der Waals surface area contributed by atoms with E-state index in [4.69, 9.17) is 0 Å². The lowest BCUT2D eigenvalue weighted by atomic mass is 10.1. The number of aromatic amines is 1. The molecule has 1 amide bonds. The predicted octanol–water partition coefficient (Wildman–Crippen LogP) is 2.54. The van der Waals surface area contributed by atoms with Crippen LogP contribution in [0.15, 0.2) is 36.8 Å². The van der Waals surface area contributed by atoms with Crippen LogP contribution >= 0.6 is 0 Å². The Morgan fingerprint density at radius 3 is 2.72 bits per heavy atom. The van der Waals surface area contributed by atoms with Gasteiger partial charge in [0.25, 0.3) is 0 Å². The third-order valence-electron chi connectivity index (χ3n) is 2.82. The van der Waals surface area contributed by atoms with Crippen LogP contribution in [0.3, 0.4) is 0 Å². The van der Waals surface area contributed by atoms with Crippen molar-refractivity contribution in [3.05, 3.63) is 48.0 Å². The van der Waals surface area contributed by atoms with Crippen molar-refractivity contribution in [1.82, 2.24) is 9.97 Å². The number of nitrogens with zero attached hydrogens (tertiary/aromatic N) is 1. The molecule has 0 saturated heterocycles. The minimum Gasteiger partial charge on any atom is -0.348 e. The van der Waals surface area contributed by atoms with Crippen molar-refractivity contribution < 1.29 is 4.79 Å². The molecule has 0 aliphatic carbocycles. The number of carbonyl (C=O) groups excluding carboxylic acids is 1. The number of carbonyl (C=O) groups is 1. The summed E-state index contributed by atoms with van der Waals surface area (Å²) in [4.78, 5) is 18.6. The standard InChI is InChI=1S/C14H17N3O/c1-2-11-3-5-12(6-4-11)17-14(18)8-7-13-9-15-10-16-13/h3-6,9-10H,2,7-8H2,1H3,(H,15,16)(H,17,18). The molecule has 1 heterocycles. The lowest BCUT2D eigenvalue weighted by Crippen LogP contribution is -2.12. The summed E-state index contributed by atoms with van der Waals surface area (Å²) in [5, 5.41) is 2.88. The molecule has 2 N–H and O–H groups in total. The fourth-order valence-electron chi connectivity index (χ4n) is 1.72. The first kappa shape index (κ1) is 12.4. The Morgan fingerprint density at radius 2 is 2.11 bits per heavy atom. The number of rotatable bonds is 5. The molecule has 4 heteroatoms. The molecule has 94 valence electrons. The molecular weight excluding hydrogens is 226 g/mol. The molecule has 1 aromatic carbocycles. The van der Waals surface area contributed by atoms with E-state index in [1.807, 2.05) is 24.3 Å². The summed E-state index contributed by atoms with van der Waals surface area (Å²) in [5.74, 6) is 0.0221. The fourth-order valence-corrected chi connectivity index (χ4v) is 1.72. The van der Waals surface area contributed by atoms with E-state index in [1.165, 1.54) is 5.56 Å². The van der Waals surface area contributed by atoms with Gasteiger partial charge in [-0.3, -0.25) is 4.79 Å². The van der Waals surface area contributed by atoms with Gasteiger partial charge < -0.3 is 10.3 Å². The zero-order chi connectivity index (χ0) is 12.8. The zero-order valence-corrected chi connectivity index (χ0v) is 10.4. The first-order valence-corrected chi connectivity index (χ1v) is 6.14. The molecule has 2 aromatic rings. The van der Waals surface area contributed by atoms with Crippen LogP contribution in [0, 0.1) is 0 Å². The lowest BCUT2D eigenvalue weighted by Gasteiger charge is -2.05. The van der Waals surface area contributed by atoms with Crippen LogP contribution in [-0.2, 0) is 17.6 Å². The SMILES string of the molecule is CCc1ccc(NC(=O)CCc2cnc[nH]2)cc1.